The molecule has 0 saturated carbocycles. The fourth-order valence-electron chi connectivity index (χ4n) is 1.95. The van der Waals surface area contributed by atoms with Crippen LogP contribution >= 0.6 is 0 Å². The molecule has 19 heavy (non-hydrogen) atoms. The number of aromatic nitrogens is 1. The predicted octanol–water partition coefficient (Wildman–Crippen LogP) is 1.14. The Morgan fingerprint density at radius 2 is 1.89 bits per heavy atom. The van der Waals surface area contributed by atoms with Crippen molar-refractivity contribution in [1.82, 2.24) is 4.98 Å². The highest BCUT2D eigenvalue weighted by molar-refractivity contribution is 6.62. The molecule has 0 aromatic carbocycles. The number of anilines is 1. The van der Waals surface area contributed by atoms with Crippen molar-refractivity contribution in [1.29, 1.82) is 0 Å². The van der Waals surface area contributed by atoms with Gasteiger partial charge in [0.1, 0.15) is 0 Å². The molecule has 5 heteroatoms. The third kappa shape index (κ3) is 2.47. The van der Waals surface area contributed by atoms with Crippen LogP contribution in [0.1, 0.15) is 33.4 Å². The van der Waals surface area contributed by atoms with Crippen LogP contribution in [0, 0.1) is 12.3 Å². The summed E-state index contributed by atoms with van der Waals surface area (Å²) >= 11 is 0. The monoisotopic (exact) mass is 258 g/mol. The SMILES string of the molecule is C#CCc1ncc(N)cc1B1OC(C)(C)C(C)(C)O1. The average molecular weight is 258 g/mol. The molecule has 1 aromatic rings. The molecule has 1 aliphatic rings. The van der Waals surface area contributed by atoms with E-state index in [0.29, 0.717) is 12.1 Å². The van der Waals surface area contributed by atoms with Crippen molar-refractivity contribution < 1.29 is 9.31 Å². The molecule has 0 amide bonds. The number of nitrogens with zero attached hydrogens (tertiary/aromatic N) is 1. The highest BCUT2D eigenvalue weighted by Crippen LogP contribution is 2.36. The van der Waals surface area contributed by atoms with Crippen LogP contribution in [-0.2, 0) is 15.7 Å². The van der Waals surface area contributed by atoms with E-state index >= 15 is 0 Å². The summed E-state index contributed by atoms with van der Waals surface area (Å²) in [5, 5.41) is 0. The summed E-state index contributed by atoms with van der Waals surface area (Å²) in [5.41, 5.74) is 7.18. The van der Waals surface area contributed by atoms with Crippen molar-refractivity contribution >= 4 is 18.3 Å². The number of nitrogens with two attached hydrogens (primary N) is 1. The van der Waals surface area contributed by atoms with E-state index in [1.54, 1.807) is 6.20 Å². The third-order valence-electron chi connectivity index (χ3n) is 3.80. The zero-order valence-corrected chi connectivity index (χ0v) is 11.9. The molecule has 0 spiro atoms. The summed E-state index contributed by atoms with van der Waals surface area (Å²) in [6, 6.07) is 1.82. The Morgan fingerprint density at radius 3 is 2.42 bits per heavy atom. The van der Waals surface area contributed by atoms with E-state index in [1.807, 2.05) is 33.8 Å². The molecule has 0 radical (unpaired) electrons. The van der Waals surface area contributed by atoms with Gasteiger partial charge in [-0.05, 0) is 33.8 Å². The Hall–Kier alpha value is -1.51. The summed E-state index contributed by atoms with van der Waals surface area (Å²) in [7, 11) is -0.482. The quantitative estimate of drug-likeness (QED) is 0.638. The van der Waals surface area contributed by atoms with Gasteiger partial charge in [0.2, 0.25) is 0 Å². The molecule has 1 fully saturated rings. The summed E-state index contributed by atoms with van der Waals surface area (Å²) in [6.07, 6.45) is 7.40. The van der Waals surface area contributed by atoms with Crippen LogP contribution in [0.3, 0.4) is 0 Å². The van der Waals surface area contributed by atoms with Crippen molar-refractivity contribution in [2.75, 3.05) is 5.73 Å². The van der Waals surface area contributed by atoms with Crippen molar-refractivity contribution in [3.63, 3.8) is 0 Å². The van der Waals surface area contributed by atoms with E-state index in [1.165, 1.54) is 0 Å². The second-order valence-corrected chi connectivity index (χ2v) is 5.77. The summed E-state index contributed by atoms with van der Waals surface area (Å²) in [5.74, 6) is 2.59. The number of nitrogen functional groups attached to an aromatic ring is 1. The minimum Gasteiger partial charge on any atom is -0.399 e. The van der Waals surface area contributed by atoms with Gasteiger partial charge in [-0.2, -0.15) is 0 Å². The molecular formula is C14H19BN2O2. The fraction of sp³-hybridized carbons (Fsp3) is 0.500. The Kier molecular flexibility index (Phi) is 3.33. The molecule has 0 unspecified atom stereocenters. The Morgan fingerprint density at radius 1 is 1.32 bits per heavy atom. The summed E-state index contributed by atoms with van der Waals surface area (Å²) in [6.45, 7) is 8.03. The first-order chi connectivity index (χ1) is 8.77. The van der Waals surface area contributed by atoms with Crippen molar-refractivity contribution in [2.24, 2.45) is 0 Å². The van der Waals surface area contributed by atoms with E-state index < -0.39 is 18.3 Å². The average Bonchev–Trinajstić information content (AvgIpc) is 2.51. The third-order valence-corrected chi connectivity index (χ3v) is 3.80. The Balaban J connectivity index is 2.39. The molecule has 2 heterocycles. The summed E-state index contributed by atoms with van der Waals surface area (Å²) < 4.78 is 12.0. The molecule has 2 rings (SSSR count). The number of pyridine rings is 1. The van der Waals surface area contributed by atoms with Crippen LogP contribution in [0.15, 0.2) is 12.3 Å². The first kappa shape index (κ1) is 13.9. The zero-order valence-electron chi connectivity index (χ0n) is 11.9. The maximum absolute atomic E-state index is 6.01. The maximum atomic E-state index is 6.01. The maximum Gasteiger partial charge on any atom is 0.496 e. The number of hydrogen-bond acceptors (Lipinski definition) is 4. The molecule has 4 nitrogen and oxygen atoms in total. The molecule has 0 atom stereocenters. The van der Waals surface area contributed by atoms with E-state index in [2.05, 4.69) is 10.9 Å². The minimum absolute atomic E-state index is 0.393. The molecule has 2 N–H and O–H groups in total. The van der Waals surface area contributed by atoms with Crippen LogP contribution in [0.25, 0.3) is 0 Å². The van der Waals surface area contributed by atoms with Gasteiger partial charge in [0.15, 0.2) is 0 Å². The highest BCUT2D eigenvalue weighted by Gasteiger charge is 2.52. The van der Waals surface area contributed by atoms with Gasteiger partial charge in [-0.15, -0.1) is 12.3 Å². The lowest BCUT2D eigenvalue weighted by Crippen LogP contribution is -2.41. The van der Waals surface area contributed by atoms with Crippen LogP contribution < -0.4 is 11.2 Å². The molecule has 1 aromatic heterocycles. The van der Waals surface area contributed by atoms with Gasteiger partial charge in [-0.3, -0.25) is 4.98 Å². The summed E-state index contributed by atoms with van der Waals surface area (Å²) in [4.78, 5) is 4.28. The Labute approximate surface area is 114 Å². The zero-order chi connectivity index (χ0) is 14.3. The van der Waals surface area contributed by atoms with Gasteiger partial charge < -0.3 is 15.0 Å². The molecule has 1 saturated heterocycles. The van der Waals surface area contributed by atoms with Gasteiger partial charge in [0.25, 0.3) is 0 Å². The largest absolute Gasteiger partial charge is 0.496 e. The van der Waals surface area contributed by atoms with Crippen LogP contribution in [0.5, 0.6) is 0 Å². The lowest BCUT2D eigenvalue weighted by Gasteiger charge is -2.32. The first-order valence-electron chi connectivity index (χ1n) is 6.30. The smallest absolute Gasteiger partial charge is 0.399 e. The number of hydrogen-bond donors (Lipinski definition) is 1. The van der Waals surface area contributed by atoms with Gasteiger partial charge in [-0.1, -0.05) is 0 Å². The van der Waals surface area contributed by atoms with E-state index in [4.69, 9.17) is 21.5 Å². The lowest BCUT2D eigenvalue weighted by atomic mass is 9.77. The molecule has 0 bridgehead atoms. The van der Waals surface area contributed by atoms with E-state index in [9.17, 15) is 0 Å². The second-order valence-electron chi connectivity index (χ2n) is 5.77. The second kappa shape index (κ2) is 4.55. The number of terminal acetylenes is 1. The standard InChI is InChI=1S/C14H19BN2O2/c1-6-7-12-11(8-10(16)9-17-12)15-18-13(2,3)14(4,5)19-15/h1,8-9H,7,16H2,2-5H3. The van der Waals surface area contributed by atoms with Gasteiger partial charge in [0.05, 0.1) is 29.5 Å². The Bertz CT molecular complexity index is 519. The van der Waals surface area contributed by atoms with Gasteiger partial charge >= 0.3 is 7.12 Å². The molecule has 100 valence electrons. The van der Waals surface area contributed by atoms with Crippen LogP contribution in [0.4, 0.5) is 5.69 Å². The molecular weight excluding hydrogens is 239 g/mol. The topological polar surface area (TPSA) is 57.4 Å². The van der Waals surface area contributed by atoms with Crippen molar-refractivity contribution in [2.45, 2.75) is 45.3 Å². The molecule has 0 aliphatic carbocycles. The van der Waals surface area contributed by atoms with Gasteiger partial charge in [-0.25, -0.2) is 0 Å². The van der Waals surface area contributed by atoms with Crippen LogP contribution in [0.2, 0.25) is 0 Å². The minimum atomic E-state index is -0.482. The predicted molar refractivity (Wildman–Crippen MR) is 76.9 cm³/mol. The van der Waals surface area contributed by atoms with Crippen molar-refractivity contribution in [3.8, 4) is 12.3 Å². The first-order valence-corrected chi connectivity index (χ1v) is 6.30. The van der Waals surface area contributed by atoms with Crippen molar-refractivity contribution in [3.05, 3.63) is 18.0 Å². The van der Waals surface area contributed by atoms with E-state index in [0.717, 1.165) is 11.2 Å². The number of rotatable bonds is 2. The van der Waals surface area contributed by atoms with E-state index in [-0.39, 0.29) is 0 Å². The lowest BCUT2D eigenvalue weighted by molar-refractivity contribution is 0.00578. The fourth-order valence-corrected chi connectivity index (χ4v) is 1.95. The highest BCUT2D eigenvalue weighted by atomic mass is 16.7. The van der Waals surface area contributed by atoms with Gasteiger partial charge in [0, 0.05) is 11.2 Å². The van der Waals surface area contributed by atoms with Crippen LogP contribution in [-0.4, -0.2) is 23.3 Å². The normalized spacial score (nSPS) is 20.3. The molecule has 1 aliphatic heterocycles.